The Bertz CT molecular complexity index is 626. The first-order valence-corrected chi connectivity index (χ1v) is 7.99. The topological polar surface area (TPSA) is 20.3 Å². The van der Waals surface area contributed by atoms with Gasteiger partial charge >= 0.3 is 0 Å². The Kier molecular flexibility index (Phi) is 4.11. The predicted molar refractivity (Wildman–Crippen MR) is 88.0 cm³/mol. The van der Waals surface area contributed by atoms with Crippen LogP contribution in [-0.4, -0.2) is 17.9 Å². The maximum atomic E-state index is 12.6. The zero-order valence-electron chi connectivity index (χ0n) is 12.1. The molecule has 1 aliphatic carbocycles. The Hall–Kier alpha value is -1.61. The van der Waals surface area contributed by atoms with Gasteiger partial charge in [-0.3, -0.25) is 4.79 Å². The van der Waals surface area contributed by atoms with Crippen LogP contribution in [0.2, 0.25) is 0 Å². The Balaban J connectivity index is 1.65. The molecule has 0 spiro atoms. The Morgan fingerprint density at radius 2 is 1.67 bits per heavy atom. The molecule has 0 heterocycles. The van der Waals surface area contributed by atoms with Crippen molar-refractivity contribution >= 4 is 21.8 Å². The summed E-state index contributed by atoms with van der Waals surface area (Å²) < 4.78 is 1.06. The van der Waals surface area contributed by atoms with Crippen molar-refractivity contribution in [2.75, 3.05) is 7.05 Å². The van der Waals surface area contributed by atoms with Crippen LogP contribution in [0.5, 0.6) is 0 Å². The second-order valence-corrected chi connectivity index (χ2v) is 6.61. The van der Waals surface area contributed by atoms with E-state index in [1.54, 1.807) is 0 Å². The fourth-order valence-corrected chi connectivity index (χ4v) is 3.25. The highest BCUT2D eigenvalue weighted by molar-refractivity contribution is 9.10. The maximum absolute atomic E-state index is 12.6. The smallest absolute Gasteiger partial charge is 0.226 e. The van der Waals surface area contributed by atoms with E-state index in [1.165, 1.54) is 11.1 Å². The average molecular weight is 344 g/mol. The number of hydrogen-bond donors (Lipinski definition) is 0. The molecule has 2 aromatic carbocycles. The Morgan fingerprint density at radius 1 is 1.10 bits per heavy atom. The van der Waals surface area contributed by atoms with Crippen molar-refractivity contribution in [2.45, 2.75) is 19.4 Å². The number of hydrogen-bond acceptors (Lipinski definition) is 1. The standard InChI is InChI=1S/C18H18BrNO/c1-20(12-13-6-8-17(19)9-7-13)18(21)16-10-14-4-2-3-5-15(14)11-16/h2-9,16H,10-12H2,1H3. The van der Waals surface area contributed by atoms with Gasteiger partial charge in [0.25, 0.3) is 0 Å². The fourth-order valence-electron chi connectivity index (χ4n) is 2.99. The molecule has 0 N–H and O–H groups in total. The molecule has 3 heteroatoms. The molecule has 0 aliphatic heterocycles. The number of amides is 1. The van der Waals surface area contributed by atoms with Gasteiger partial charge in [0, 0.05) is 24.0 Å². The third kappa shape index (κ3) is 3.18. The van der Waals surface area contributed by atoms with Crippen LogP contribution in [0.1, 0.15) is 16.7 Å². The highest BCUT2D eigenvalue weighted by Gasteiger charge is 2.29. The van der Waals surface area contributed by atoms with E-state index in [1.807, 2.05) is 24.1 Å². The molecule has 3 rings (SSSR count). The third-order valence-corrected chi connectivity index (χ3v) is 4.64. The molecule has 2 aromatic rings. The molecular weight excluding hydrogens is 326 g/mol. The lowest BCUT2D eigenvalue weighted by molar-refractivity contribution is -0.134. The van der Waals surface area contributed by atoms with Gasteiger partial charge in [-0.15, -0.1) is 0 Å². The monoisotopic (exact) mass is 343 g/mol. The summed E-state index contributed by atoms with van der Waals surface area (Å²) in [5, 5.41) is 0. The summed E-state index contributed by atoms with van der Waals surface area (Å²) in [4.78, 5) is 14.4. The molecule has 0 saturated carbocycles. The lowest BCUT2D eigenvalue weighted by atomic mass is 10.0. The van der Waals surface area contributed by atoms with Crippen LogP contribution in [-0.2, 0) is 24.2 Å². The second kappa shape index (κ2) is 6.02. The molecule has 2 nitrogen and oxygen atoms in total. The first kappa shape index (κ1) is 14.3. The minimum absolute atomic E-state index is 0.0999. The van der Waals surface area contributed by atoms with Crippen molar-refractivity contribution in [1.82, 2.24) is 4.90 Å². The lowest BCUT2D eigenvalue weighted by Crippen LogP contribution is -2.32. The van der Waals surface area contributed by atoms with Gasteiger partial charge in [0.1, 0.15) is 0 Å². The van der Waals surface area contributed by atoms with Gasteiger partial charge in [-0.25, -0.2) is 0 Å². The van der Waals surface area contributed by atoms with Crippen LogP contribution < -0.4 is 0 Å². The molecule has 0 aromatic heterocycles. The van der Waals surface area contributed by atoms with E-state index in [-0.39, 0.29) is 11.8 Å². The number of fused-ring (bicyclic) bond motifs is 1. The molecule has 0 fully saturated rings. The molecule has 1 amide bonds. The second-order valence-electron chi connectivity index (χ2n) is 5.69. The SMILES string of the molecule is CN(Cc1ccc(Br)cc1)C(=O)C1Cc2ccccc2C1. The first-order valence-electron chi connectivity index (χ1n) is 7.19. The van der Waals surface area contributed by atoms with Gasteiger partial charge in [0.15, 0.2) is 0 Å². The molecule has 21 heavy (non-hydrogen) atoms. The molecule has 108 valence electrons. The Labute approximate surface area is 133 Å². The van der Waals surface area contributed by atoms with Crippen molar-refractivity contribution in [1.29, 1.82) is 0 Å². The van der Waals surface area contributed by atoms with Crippen LogP contribution in [0.25, 0.3) is 0 Å². The largest absolute Gasteiger partial charge is 0.341 e. The minimum atomic E-state index is 0.0999. The predicted octanol–water partition coefficient (Wildman–Crippen LogP) is 3.82. The van der Waals surface area contributed by atoms with Crippen molar-refractivity contribution in [3.05, 3.63) is 69.7 Å². The van der Waals surface area contributed by atoms with Crippen molar-refractivity contribution in [3.63, 3.8) is 0 Å². The van der Waals surface area contributed by atoms with E-state index in [9.17, 15) is 4.79 Å². The van der Waals surface area contributed by atoms with Gasteiger partial charge in [0.2, 0.25) is 5.91 Å². The fraction of sp³-hybridized carbons (Fsp3) is 0.278. The molecule has 1 aliphatic rings. The number of halogens is 1. The molecule has 0 saturated heterocycles. The van der Waals surface area contributed by atoms with Gasteiger partial charge in [-0.05, 0) is 41.7 Å². The average Bonchev–Trinajstić information content (AvgIpc) is 2.92. The summed E-state index contributed by atoms with van der Waals surface area (Å²) in [6, 6.07) is 16.5. The van der Waals surface area contributed by atoms with Gasteiger partial charge in [-0.1, -0.05) is 52.3 Å². The van der Waals surface area contributed by atoms with E-state index in [0.717, 1.165) is 22.9 Å². The summed E-state index contributed by atoms with van der Waals surface area (Å²) in [6.45, 7) is 0.666. The Morgan fingerprint density at radius 3 is 2.24 bits per heavy atom. The maximum Gasteiger partial charge on any atom is 0.226 e. The number of rotatable bonds is 3. The minimum Gasteiger partial charge on any atom is -0.341 e. The molecule has 0 atom stereocenters. The van der Waals surface area contributed by atoms with Crippen molar-refractivity contribution < 1.29 is 4.79 Å². The number of benzene rings is 2. The van der Waals surface area contributed by atoms with Crippen LogP contribution in [0.3, 0.4) is 0 Å². The van der Waals surface area contributed by atoms with Gasteiger partial charge in [-0.2, -0.15) is 0 Å². The van der Waals surface area contributed by atoms with E-state index < -0.39 is 0 Å². The summed E-state index contributed by atoms with van der Waals surface area (Å²) in [5.41, 5.74) is 3.81. The highest BCUT2D eigenvalue weighted by Crippen LogP contribution is 2.28. The quantitative estimate of drug-likeness (QED) is 0.829. The van der Waals surface area contributed by atoms with Crippen LogP contribution >= 0.6 is 15.9 Å². The van der Waals surface area contributed by atoms with E-state index in [0.29, 0.717) is 6.54 Å². The number of nitrogens with zero attached hydrogens (tertiary/aromatic N) is 1. The number of carbonyl (C=O) groups is 1. The zero-order valence-corrected chi connectivity index (χ0v) is 13.6. The summed E-state index contributed by atoms with van der Waals surface area (Å²) >= 11 is 3.43. The molecule has 0 bridgehead atoms. The molecule has 0 unspecified atom stereocenters. The van der Waals surface area contributed by atoms with E-state index in [4.69, 9.17) is 0 Å². The van der Waals surface area contributed by atoms with Crippen LogP contribution in [0.4, 0.5) is 0 Å². The molecular formula is C18H18BrNO. The normalized spacial score (nSPS) is 14.0. The summed E-state index contributed by atoms with van der Waals surface area (Å²) in [5.74, 6) is 0.344. The van der Waals surface area contributed by atoms with Crippen molar-refractivity contribution in [3.8, 4) is 0 Å². The van der Waals surface area contributed by atoms with E-state index >= 15 is 0 Å². The lowest BCUT2D eigenvalue weighted by Gasteiger charge is -2.21. The van der Waals surface area contributed by atoms with Crippen LogP contribution in [0, 0.1) is 5.92 Å². The first-order chi connectivity index (χ1) is 10.1. The van der Waals surface area contributed by atoms with Crippen molar-refractivity contribution in [2.24, 2.45) is 5.92 Å². The summed E-state index contributed by atoms with van der Waals surface area (Å²) in [7, 11) is 1.90. The van der Waals surface area contributed by atoms with Gasteiger partial charge in [0.05, 0.1) is 0 Å². The van der Waals surface area contributed by atoms with E-state index in [2.05, 4.69) is 52.3 Å². The summed E-state index contributed by atoms with van der Waals surface area (Å²) in [6.07, 6.45) is 1.75. The highest BCUT2D eigenvalue weighted by atomic mass is 79.9. The van der Waals surface area contributed by atoms with Crippen LogP contribution in [0.15, 0.2) is 53.0 Å². The zero-order chi connectivity index (χ0) is 14.8. The number of carbonyl (C=O) groups excluding carboxylic acids is 1. The van der Waals surface area contributed by atoms with Gasteiger partial charge < -0.3 is 4.90 Å². The third-order valence-electron chi connectivity index (χ3n) is 4.11. The molecule has 0 radical (unpaired) electrons.